The Hall–Kier alpha value is -1.72. The van der Waals surface area contributed by atoms with E-state index in [0.717, 1.165) is 6.54 Å². The number of ether oxygens (including phenoxy) is 1. The Kier molecular flexibility index (Phi) is 5.09. The molecule has 1 amide bonds. The van der Waals surface area contributed by atoms with Crippen molar-refractivity contribution in [2.75, 3.05) is 5.32 Å². The minimum atomic E-state index is -0.713. The molecule has 1 atom stereocenters. The predicted octanol–water partition coefficient (Wildman–Crippen LogP) is 3.62. The quantitative estimate of drug-likeness (QED) is 0.912. The number of amides is 1. The molecule has 1 unspecified atom stereocenters. The summed E-state index contributed by atoms with van der Waals surface area (Å²) in [5.41, 5.74) is 0. The third kappa shape index (κ3) is 4.12. The molecule has 0 spiro atoms. The molecule has 7 heteroatoms. The number of nitrogens with zero attached hydrogens (tertiary/aromatic N) is 2. The van der Waals surface area contributed by atoms with Gasteiger partial charge in [0.2, 0.25) is 0 Å². The van der Waals surface area contributed by atoms with E-state index in [0.29, 0.717) is 21.6 Å². The van der Waals surface area contributed by atoms with Crippen LogP contribution >= 0.6 is 23.2 Å². The second-order valence-corrected chi connectivity index (χ2v) is 5.22. The normalized spacial score (nSPS) is 12.0. The summed E-state index contributed by atoms with van der Waals surface area (Å²) in [6, 6.07) is 6.56. The van der Waals surface area contributed by atoms with Crippen LogP contribution in [0.25, 0.3) is 0 Å². The number of carbonyl (C=O) groups is 1. The van der Waals surface area contributed by atoms with Gasteiger partial charge in [0.1, 0.15) is 5.75 Å². The molecule has 1 heterocycles. The van der Waals surface area contributed by atoms with Crippen LogP contribution < -0.4 is 10.1 Å². The number of aromatic nitrogens is 2. The maximum atomic E-state index is 12.0. The molecule has 2 aromatic rings. The Balaban J connectivity index is 1.98. The molecule has 1 aromatic carbocycles. The number of halogens is 2. The van der Waals surface area contributed by atoms with Crippen LogP contribution in [0.3, 0.4) is 0 Å². The van der Waals surface area contributed by atoms with E-state index in [2.05, 4.69) is 10.4 Å². The van der Waals surface area contributed by atoms with Gasteiger partial charge in [0.15, 0.2) is 11.9 Å². The molecule has 5 nitrogen and oxygen atoms in total. The Labute approximate surface area is 132 Å². The van der Waals surface area contributed by atoms with Gasteiger partial charge in [0.05, 0.1) is 5.02 Å². The van der Waals surface area contributed by atoms with E-state index >= 15 is 0 Å². The summed E-state index contributed by atoms with van der Waals surface area (Å²) in [5.74, 6) is 0.588. The van der Waals surface area contributed by atoms with E-state index < -0.39 is 6.10 Å². The van der Waals surface area contributed by atoms with Crippen LogP contribution in [-0.4, -0.2) is 21.8 Å². The van der Waals surface area contributed by atoms with Crippen molar-refractivity contribution in [1.82, 2.24) is 9.78 Å². The first kappa shape index (κ1) is 15.7. The largest absolute Gasteiger partial charge is 0.479 e. The second-order valence-electron chi connectivity index (χ2n) is 4.38. The summed E-state index contributed by atoms with van der Waals surface area (Å²) in [4.78, 5) is 12.0. The van der Waals surface area contributed by atoms with Crippen LogP contribution in [0.2, 0.25) is 10.0 Å². The summed E-state index contributed by atoms with van der Waals surface area (Å²) in [6.07, 6.45) is 1.08. The zero-order valence-electron chi connectivity index (χ0n) is 11.6. The first-order valence-corrected chi connectivity index (χ1v) is 7.21. The van der Waals surface area contributed by atoms with Gasteiger partial charge in [-0.05, 0) is 32.0 Å². The second kappa shape index (κ2) is 6.83. The van der Waals surface area contributed by atoms with Crippen LogP contribution in [0, 0.1) is 0 Å². The Bertz CT molecular complexity index is 643. The van der Waals surface area contributed by atoms with Crippen molar-refractivity contribution >= 4 is 34.9 Å². The highest BCUT2D eigenvalue weighted by atomic mass is 35.5. The van der Waals surface area contributed by atoms with Gasteiger partial charge in [0, 0.05) is 23.8 Å². The number of hydrogen-bond acceptors (Lipinski definition) is 3. The molecule has 0 aliphatic carbocycles. The monoisotopic (exact) mass is 327 g/mol. The van der Waals surface area contributed by atoms with Gasteiger partial charge < -0.3 is 10.1 Å². The summed E-state index contributed by atoms with van der Waals surface area (Å²) < 4.78 is 7.25. The van der Waals surface area contributed by atoms with Gasteiger partial charge in [0.25, 0.3) is 5.91 Å². The van der Waals surface area contributed by atoms with Crippen LogP contribution in [0.15, 0.2) is 30.5 Å². The number of carbonyl (C=O) groups excluding carboxylic acids is 1. The minimum absolute atomic E-state index is 0.303. The summed E-state index contributed by atoms with van der Waals surface area (Å²) in [5, 5.41) is 7.72. The minimum Gasteiger partial charge on any atom is -0.479 e. The molecule has 0 bridgehead atoms. The molecule has 112 valence electrons. The van der Waals surface area contributed by atoms with Gasteiger partial charge in [-0.25, -0.2) is 0 Å². The summed E-state index contributed by atoms with van der Waals surface area (Å²) in [7, 11) is 0. The van der Waals surface area contributed by atoms with Gasteiger partial charge in [-0.1, -0.05) is 23.2 Å². The molecule has 0 aliphatic rings. The van der Waals surface area contributed by atoms with Crippen molar-refractivity contribution in [3.05, 3.63) is 40.5 Å². The fourth-order valence-corrected chi connectivity index (χ4v) is 2.10. The average Bonchev–Trinajstić information content (AvgIpc) is 2.89. The Morgan fingerprint density at radius 3 is 2.81 bits per heavy atom. The zero-order chi connectivity index (χ0) is 15.4. The van der Waals surface area contributed by atoms with Gasteiger partial charge in [-0.3, -0.25) is 9.48 Å². The van der Waals surface area contributed by atoms with E-state index in [1.54, 1.807) is 42.1 Å². The highest BCUT2D eigenvalue weighted by Crippen LogP contribution is 2.28. The first-order chi connectivity index (χ1) is 9.99. The summed E-state index contributed by atoms with van der Waals surface area (Å²) in [6.45, 7) is 4.34. The third-order valence-corrected chi connectivity index (χ3v) is 3.31. The number of benzene rings is 1. The molecule has 21 heavy (non-hydrogen) atoms. The van der Waals surface area contributed by atoms with Crippen molar-refractivity contribution in [1.29, 1.82) is 0 Å². The van der Waals surface area contributed by atoms with Crippen LogP contribution in [0.5, 0.6) is 5.75 Å². The molecule has 2 rings (SSSR count). The smallest absolute Gasteiger partial charge is 0.266 e. The molecule has 0 radical (unpaired) electrons. The molecule has 0 saturated carbocycles. The van der Waals surface area contributed by atoms with E-state index in [1.165, 1.54) is 0 Å². The third-order valence-electron chi connectivity index (χ3n) is 2.78. The maximum absolute atomic E-state index is 12.0. The SMILES string of the molecule is CCn1ccc(NC(=O)C(C)Oc2ccc(Cl)cc2Cl)n1. The van der Waals surface area contributed by atoms with Crippen LogP contribution in [0.1, 0.15) is 13.8 Å². The van der Waals surface area contributed by atoms with E-state index in [4.69, 9.17) is 27.9 Å². The Morgan fingerprint density at radius 2 is 2.19 bits per heavy atom. The highest BCUT2D eigenvalue weighted by molar-refractivity contribution is 6.35. The van der Waals surface area contributed by atoms with E-state index in [-0.39, 0.29) is 5.91 Å². The fraction of sp³-hybridized carbons (Fsp3) is 0.286. The number of nitrogens with one attached hydrogen (secondary N) is 1. The van der Waals surface area contributed by atoms with Crippen molar-refractivity contribution in [3.63, 3.8) is 0 Å². The molecule has 1 N–H and O–H groups in total. The van der Waals surface area contributed by atoms with Crippen molar-refractivity contribution in [2.45, 2.75) is 26.5 Å². The van der Waals surface area contributed by atoms with E-state index in [1.807, 2.05) is 6.92 Å². The van der Waals surface area contributed by atoms with E-state index in [9.17, 15) is 4.79 Å². The van der Waals surface area contributed by atoms with Crippen molar-refractivity contribution < 1.29 is 9.53 Å². The lowest BCUT2D eigenvalue weighted by molar-refractivity contribution is -0.122. The lowest BCUT2D eigenvalue weighted by Crippen LogP contribution is -2.30. The lowest BCUT2D eigenvalue weighted by Gasteiger charge is -2.14. The Morgan fingerprint density at radius 1 is 1.43 bits per heavy atom. The van der Waals surface area contributed by atoms with Crippen LogP contribution in [-0.2, 0) is 11.3 Å². The molecule has 0 fully saturated rings. The molecular weight excluding hydrogens is 313 g/mol. The van der Waals surface area contributed by atoms with Gasteiger partial charge in [-0.15, -0.1) is 0 Å². The summed E-state index contributed by atoms with van der Waals surface area (Å²) >= 11 is 11.8. The van der Waals surface area contributed by atoms with Gasteiger partial charge in [-0.2, -0.15) is 5.10 Å². The molecular formula is C14H15Cl2N3O2. The predicted molar refractivity (Wildman–Crippen MR) is 83.1 cm³/mol. The molecule has 1 aromatic heterocycles. The zero-order valence-corrected chi connectivity index (χ0v) is 13.1. The molecule has 0 saturated heterocycles. The standard InChI is InChI=1S/C14H15Cl2N3O2/c1-3-19-7-6-13(18-19)17-14(20)9(2)21-12-5-4-10(15)8-11(12)16/h4-9H,3H2,1-2H3,(H,17,18,20). The molecule has 0 aliphatic heterocycles. The topological polar surface area (TPSA) is 56.2 Å². The maximum Gasteiger partial charge on any atom is 0.266 e. The van der Waals surface area contributed by atoms with Crippen molar-refractivity contribution in [3.8, 4) is 5.75 Å². The van der Waals surface area contributed by atoms with Crippen molar-refractivity contribution in [2.24, 2.45) is 0 Å². The first-order valence-electron chi connectivity index (χ1n) is 6.45. The van der Waals surface area contributed by atoms with Gasteiger partial charge >= 0.3 is 0 Å². The van der Waals surface area contributed by atoms with Crippen LogP contribution in [0.4, 0.5) is 5.82 Å². The number of anilines is 1. The highest BCUT2D eigenvalue weighted by Gasteiger charge is 2.17. The number of aryl methyl sites for hydroxylation is 1. The number of hydrogen-bond donors (Lipinski definition) is 1. The fourth-order valence-electron chi connectivity index (χ4n) is 1.65. The number of rotatable bonds is 5. The lowest BCUT2D eigenvalue weighted by atomic mass is 10.3. The average molecular weight is 328 g/mol.